The molecule has 0 radical (unpaired) electrons. The second-order valence-corrected chi connectivity index (χ2v) is 4.27. The largest absolute Gasteiger partial charge is 0.192 e. The molecule has 0 aliphatic heterocycles. The van der Waals surface area contributed by atoms with Crippen LogP contribution in [0.1, 0.15) is 18.1 Å². The topological polar surface area (TPSA) is 23.8 Å². The molecular formula is C15H12ClN. The van der Waals surface area contributed by atoms with Gasteiger partial charge < -0.3 is 0 Å². The van der Waals surface area contributed by atoms with Gasteiger partial charge in [0.1, 0.15) is 0 Å². The smallest absolute Gasteiger partial charge is 0.0991 e. The fourth-order valence-electron chi connectivity index (χ4n) is 1.77. The Hall–Kier alpha value is -1.78. The Morgan fingerprint density at radius 2 is 2.00 bits per heavy atom. The molecule has 0 saturated heterocycles. The van der Waals surface area contributed by atoms with E-state index in [2.05, 4.69) is 25.1 Å². The summed E-state index contributed by atoms with van der Waals surface area (Å²) in [5, 5.41) is 9.59. The lowest BCUT2D eigenvalue weighted by molar-refractivity contribution is 1.14. The summed E-state index contributed by atoms with van der Waals surface area (Å²) in [5.74, 6) is 0. The molecule has 2 aromatic carbocycles. The van der Waals surface area contributed by atoms with Crippen LogP contribution in [0, 0.1) is 11.3 Å². The van der Waals surface area contributed by atoms with Crippen LogP contribution in [0.15, 0.2) is 42.5 Å². The lowest BCUT2D eigenvalue weighted by Gasteiger charge is -2.06. The van der Waals surface area contributed by atoms with Crippen molar-refractivity contribution < 1.29 is 0 Å². The van der Waals surface area contributed by atoms with E-state index in [9.17, 15) is 0 Å². The first kappa shape index (κ1) is 11.7. The van der Waals surface area contributed by atoms with Gasteiger partial charge in [-0.2, -0.15) is 5.26 Å². The summed E-state index contributed by atoms with van der Waals surface area (Å²) in [6.07, 6.45) is 0.989. The molecule has 0 N–H and O–H groups in total. The van der Waals surface area contributed by atoms with Crippen LogP contribution in [0.4, 0.5) is 0 Å². The summed E-state index contributed by atoms with van der Waals surface area (Å²) >= 11 is 6.17. The first-order valence-corrected chi connectivity index (χ1v) is 5.91. The molecule has 2 heteroatoms. The Labute approximate surface area is 106 Å². The van der Waals surface area contributed by atoms with Crippen molar-refractivity contribution in [2.45, 2.75) is 13.3 Å². The van der Waals surface area contributed by atoms with Gasteiger partial charge in [-0.1, -0.05) is 42.8 Å². The minimum Gasteiger partial charge on any atom is -0.192 e. The van der Waals surface area contributed by atoms with E-state index in [1.165, 1.54) is 5.56 Å². The maximum Gasteiger partial charge on any atom is 0.0991 e. The van der Waals surface area contributed by atoms with Crippen LogP contribution in [0.3, 0.4) is 0 Å². The molecule has 2 rings (SSSR count). The second-order valence-electron chi connectivity index (χ2n) is 3.86. The van der Waals surface area contributed by atoms with Gasteiger partial charge >= 0.3 is 0 Å². The SMILES string of the molecule is CCc1cccc(-c2cc(C#N)ccc2Cl)c1. The van der Waals surface area contributed by atoms with Crippen molar-refractivity contribution >= 4 is 11.6 Å². The molecule has 0 heterocycles. The Balaban J connectivity index is 2.55. The van der Waals surface area contributed by atoms with Gasteiger partial charge in [0.15, 0.2) is 0 Å². The Morgan fingerprint density at radius 1 is 1.18 bits per heavy atom. The Kier molecular flexibility index (Phi) is 3.46. The number of nitriles is 1. The van der Waals surface area contributed by atoms with Gasteiger partial charge in [-0.15, -0.1) is 0 Å². The third kappa shape index (κ3) is 2.49. The molecule has 0 atom stereocenters. The zero-order valence-corrected chi connectivity index (χ0v) is 10.3. The van der Waals surface area contributed by atoms with Crippen molar-refractivity contribution in [3.63, 3.8) is 0 Å². The summed E-state index contributed by atoms with van der Waals surface area (Å²) in [7, 11) is 0. The summed E-state index contributed by atoms with van der Waals surface area (Å²) in [5.41, 5.74) is 3.87. The molecule has 2 aromatic rings. The van der Waals surface area contributed by atoms with Gasteiger partial charge in [0.2, 0.25) is 0 Å². The highest BCUT2D eigenvalue weighted by Crippen LogP contribution is 2.29. The van der Waals surface area contributed by atoms with Crippen molar-refractivity contribution in [2.75, 3.05) is 0 Å². The lowest BCUT2D eigenvalue weighted by Crippen LogP contribution is -1.85. The highest BCUT2D eigenvalue weighted by molar-refractivity contribution is 6.33. The molecule has 0 aliphatic carbocycles. The predicted molar refractivity (Wildman–Crippen MR) is 71.0 cm³/mol. The first-order valence-electron chi connectivity index (χ1n) is 5.53. The molecule has 1 nitrogen and oxygen atoms in total. The summed E-state index contributed by atoms with van der Waals surface area (Å²) < 4.78 is 0. The summed E-state index contributed by atoms with van der Waals surface area (Å²) in [4.78, 5) is 0. The maximum atomic E-state index is 8.91. The van der Waals surface area contributed by atoms with Crippen molar-refractivity contribution in [2.24, 2.45) is 0 Å². The van der Waals surface area contributed by atoms with Gasteiger partial charge in [-0.25, -0.2) is 0 Å². The van der Waals surface area contributed by atoms with E-state index in [4.69, 9.17) is 16.9 Å². The number of hydrogen-bond acceptors (Lipinski definition) is 1. The van der Waals surface area contributed by atoms with Crippen LogP contribution in [-0.2, 0) is 6.42 Å². The van der Waals surface area contributed by atoms with E-state index in [0.29, 0.717) is 10.6 Å². The molecule has 0 unspecified atom stereocenters. The van der Waals surface area contributed by atoms with Gasteiger partial charge in [-0.3, -0.25) is 0 Å². The average molecular weight is 242 g/mol. The standard InChI is InChI=1S/C15H12ClN/c1-2-11-4-3-5-13(8-11)14-9-12(10-17)6-7-15(14)16/h3-9H,2H2,1H3. The molecule has 0 saturated carbocycles. The van der Waals surface area contributed by atoms with Crippen molar-refractivity contribution in [3.8, 4) is 17.2 Å². The number of aryl methyl sites for hydroxylation is 1. The van der Waals surface area contributed by atoms with Crippen LogP contribution in [0.5, 0.6) is 0 Å². The molecule has 0 aromatic heterocycles. The van der Waals surface area contributed by atoms with Crippen LogP contribution >= 0.6 is 11.6 Å². The third-order valence-electron chi connectivity index (χ3n) is 2.74. The number of hydrogen-bond donors (Lipinski definition) is 0. The second kappa shape index (κ2) is 5.03. The van der Waals surface area contributed by atoms with Crippen LogP contribution in [-0.4, -0.2) is 0 Å². The van der Waals surface area contributed by atoms with Crippen molar-refractivity contribution in [3.05, 3.63) is 58.6 Å². The lowest BCUT2D eigenvalue weighted by atomic mass is 10.0. The highest BCUT2D eigenvalue weighted by atomic mass is 35.5. The quantitative estimate of drug-likeness (QED) is 0.763. The molecule has 0 aliphatic rings. The highest BCUT2D eigenvalue weighted by Gasteiger charge is 2.05. The Bertz CT molecular complexity index is 582. The van der Waals surface area contributed by atoms with Crippen molar-refractivity contribution in [1.29, 1.82) is 5.26 Å². The van der Waals surface area contributed by atoms with E-state index < -0.39 is 0 Å². The fourth-order valence-corrected chi connectivity index (χ4v) is 2.00. The molecular weight excluding hydrogens is 230 g/mol. The summed E-state index contributed by atoms with van der Waals surface area (Å²) in [6.45, 7) is 2.12. The number of halogens is 1. The van der Waals surface area contributed by atoms with Crippen LogP contribution in [0.25, 0.3) is 11.1 Å². The predicted octanol–water partition coefficient (Wildman–Crippen LogP) is 4.44. The normalized spacial score (nSPS) is 9.94. The summed E-state index contributed by atoms with van der Waals surface area (Å²) in [6, 6.07) is 15.7. The zero-order chi connectivity index (χ0) is 12.3. The van der Waals surface area contributed by atoms with E-state index in [-0.39, 0.29) is 0 Å². The fraction of sp³-hybridized carbons (Fsp3) is 0.133. The first-order chi connectivity index (χ1) is 8.24. The maximum absolute atomic E-state index is 8.91. The monoisotopic (exact) mass is 241 g/mol. The minimum absolute atomic E-state index is 0.631. The molecule has 17 heavy (non-hydrogen) atoms. The number of rotatable bonds is 2. The minimum atomic E-state index is 0.631. The number of benzene rings is 2. The molecule has 0 spiro atoms. The molecule has 84 valence electrons. The van der Waals surface area contributed by atoms with E-state index in [1.807, 2.05) is 18.2 Å². The van der Waals surface area contributed by atoms with Crippen LogP contribution < -0.4 is 0 Å². The van der Waals surface area contributed by atoms with Gasteiger partial charge in [0.25, 0.3) is 0 Å². The van der Waals surface area contributed by atoms with E-state index in [1.54, 1.807) is 12.1 Å². The molecule has 0 fully saturated rings. The van der Waals surface area contributed by atoms with Gasteiger partial charge in [-0.05, 0) is 35.7 Å². The third-order valence-corrected chi connectivity index (χ3v) is 3.07. The van der Waals surface area contributed by atoms with Gasteiger partial charge in [0, 0.05) is 10.6 Å². The van der Waals surface area contributed by atoms with E-state index >= 15 is 0 Å². The average Bonchev–Trinajstić information content (AvgIpc) is 2.39. The number of nitrogens with zero attached hydrogens (tertiary/aromatic N) is 1. The van der Waals surface area contributed by atoms with Gasteiger partial charge in [0.05, 0.1) is 11.6 Å². The molecule has 0 bridgehead atoms. The molecule has 0 amide bonds. The van der Waals surface area contributed by atoms with E-state index in [0.717, 1.165) is 17.5 Å². The zero-order valence-electron chi connectivity index (χ0n) is 9.57. The van der Waals surface area contributed by atoms with Crippen LogP contribution in [0.2, 0.25) is 5.02 Å². The Morgan fingerprint density at radius 3 is 2.71 bits per heavy atom. The van der Waals surface area contributed by atoms with Crippen molar-refractivity contribution in [1.82, 2.24) is 0 Å².